The Morgan fingerprint density at radius 2 is 1.76 bits per heavy atom. The van der Waals surface area contributed by atoms with Crippen LogP contribution in [0.5, 0.6) is 0 Å². The highest BCUT2D eigenvalue weighted by molar-refractivity contribution is 6.00. The predicted octanol–water partition coefficient (Wildman–Crippen LogP) is 3.33. The molecule has 2 N–H and O–H groups in total. The second-order valence-electron chi connectivity index (χ2n) is 10.9. The van der Waals surface area contributed by atoms with Crippen LogP contribution in [-0.2, 0) is 11.3 Å². The van der Waals surface area contributed by atoms with E-state index in [2.05, 4.69) is 36.4 Å². The third-order valence-corrected chi connectivity index (χ3v) is 7.44. The van der Waals surface area contributed by atoms with Gasteiger partial charge in [0.05, 0.1) is 11.9 Å². The minimum absolute atomic E-state index is 0.0463. The number of nitrogens with one attached hydrogen (secondary N) is 2. The SMILES string of the molecule is CC(C)n1nccc1C(=O)N[C@H](C(=O)Nc1cnn(C(CC(F)F)c2nnnn2CC(F)F)c1)C(C1CC1)C1CC1. The van der Waals surface area contributed by atoms with E-state index in [-0.39, 0.29) is 23.5 Å². The van der Waals surface area contributed by atoms with Gasteiger partial charge in [-0.1, -0.05) is 0 Å². The molecule has 0 aromatic carbocycles. The molecule has 1 unspecified atom stereocenters. The van der Waals surface area contributed by atoms with Crippen molar-refractivity contribution in [2.45, 2.75) is 83.5 Å². The lowest BCUT2D eigenvalue weighted by atomic mass is 9.88. The van der Waals surface area contributed by atoms with Crippen molar-refractivity contribution in [3.63, 3.8) is 0 Å². The predicted molar refractivity (Wildman–Crippen MR) is 136 cm³/mol. The molecule has 222 valence electrons. The van der Waals surface area contributed by atoms with Crippen molar-refractivity contribution in [3.05, 3.63) is 36.2 Å². The van der Waals surface area contributed by atoms with Crippen molar-refractivity contribution in [3.8, 4) is 0 Å². The summed E-state index contributed by atoms with van der Waals surface area (Å²) < 4.78 is 56.4. The van der Waals surface area contributed by atoms with Gasteiger partial charge in [0, 0.05) is 24.9 Å². The van der Waals surface area contributed by atoms with Crippen LogP contribution in [0, 0.1) is 17.8 Å². The quantitative estimate of drug-likeness (QED) is 0.279. The Hall–Kier alpha value is -3.85. The molecule has 0 aliphatic heterocycles. The Bertz CT molecular complexity index is 1340. The summed E-state index contributed by atoms with van der Waals surface area (Å²) in [6.07, 6.45) is 1.64. The van der Waals surface area contributed by atoms with Crippen LogP contribution in [0.15, 0.2) is 24.7 Å². The maximum atomic E-state index is 13.7. The van der Waals surface area contributed by atoms with Gasteiger partial charge in [-0.2, -0.15) is 10.2 Å². The van der Waals surface area contributed by atoms with Crippen LogP contribution < -0.4 is 10.6 Å². The first kappa shape index (κ1) is 28.7. The van der Waals surface area contributed by atoms with Crippen LogP contribution in [-0.4, -0.2) is 70.5 Å². The fourth-order valence-corrected chi connectivity index (χ4v) is 5.35. The average Bonchev–Trinajstić information content (AvgIpc) is 3.76. The lowest BCUT2D eigenvalue weighted by molar-refractivity contribution is -0.119. The summed E-state index contributed by atoms with van der Waals surface area (Å²) >= 11 is 0. The van der Waals surface area contributed by atoms with Crippen molar-refractivity contribution < 1.29 is 27.2 Å². The monoisotopic (exact) mass is 580 g/mol. The largest absolute Gasteiger partial charge is 0.339 e. The van der Waals surface area contributed by atoms with Crippen LogP contribution in [0.25, 0.3) is 0 Å². The Morgan fingerprint density at radius 1 is 1.05 bits per heavy atom. The maximum absolute atomic E-state index is 13.7. The van der Waals surface area contributed by atoms with Crippen molar-refractivity contribution in [2.75, 3.05) is 5.32 Å². The third-order valence-electron chi connectivity index (χ3n) is 7.44. The molecule has 2 aliphatic carbocycles. The molecule has 0 bridgehead atoms. The van der Waals surface area contributed by atoms with Gasteiger partial charge in [-0.05, 0) is 73.8 Å². The van der Waals surface area contributed by atoms with E-state index in [9.17, 15) is 27.2 Å². The number of nitrogens with zero attached hydrogens (tertiary/aromatic N) is 8. The zero-order valence-electron chi connectivity index (χ0n) is 22.6. The zero-order chi connectivity index (χ0) is 29.3. The fourth-order valence-electron chi connectivity index (χ4n) is 5.35. The topological polar surface area (TPSA) is 137 Å². The van der Waals surface area contributed by atoms with Crippen molar-refractivity contribution >= 4 is 17.5 Å². The minimum Gasteiger partial charge on any atom is -0.339 e. The van der Waals surface area contributed by atoms with Gasteiger partial charge in [-0.3, -0.25) is 19.0 Å². The molecule has 12 nitrogen and oxygen atoms in total. The molecule has 2 saturated carbocycles. The first-order chi connectivity index (χ1) is 19.6. The van der Waals surface area contributed by atoms with E-state index in [0.717, 1.165) is 35.0 Å². The molecular formula is C25H32F4N10O2. The molecule has 2 aliphatic rings. The van der Waals surface area contributed by atoms with Crippen LogP contribution in [0.2, 0.25) is 0 Å². The molecule has 3 aromatic rings. The number of aromatic nitrogens is 8. The highest BCUT2D eigenvalue weighted by Gasteiger charge is 2.48. The van der Waals surface area contributed by atoms with Crippen LogP contribution in [0.4, 0.5) is 23.2 Å². The molecule has 16 heteroatoms. The van der Waals surface area contributed by atoms with Crippen molar-refractivity contribution in [1.29, 1.82) is 0 Å². The number of rotatable bonds is 14. The van der Waals surface area contributed by atoms with Crippen LogP contribution in [0.3, 0.4) is 0 Å². The van der Waals surface area contributed by atoms with E-state index in [4.69, 9.17) is 0 Å². The molecule has 0 saturated heterocycles. The van der Waals surface area contributed by atoms with E-state index in [1.165, 1.54) is 18.6 Å². The second kappa shape index (κ2) is 11.9. The number of hydrogen-bond acceptors (Lipinski definition) is 7. The van der Waals surface area contributed by atoms with Gasteiger partial charge in [0.15, 0.2) is 5.82 Å². The smallest absolute Gasteiger partial charge is 0.270 e. The number of hydrogen-bond donors (Lipinski definition) is 2. The second-order valence-corrected chi connectivity index (χ2v) is 10.9. The first-order valence-corrected chi connectivity index (χ1v) is 13.6. The van der Waals surface area contributed by atoms with E-state index in [1.807, 2.05) is 13.8 Å². The van der Waals surface area contributed by atoms with E-state index >= 15 is 0 Å². The Morgan fingerprint density at radius 3 is 2.37 bits per heavy atom. The summed E-state index contributed by atoms with van der Waals surface area (Å²) in [4.78, 5) is 27.0. The molecular weight excluding hydrogens is 548 g/mol. The van der Waals surface area contributed by atoms with Gasteiger partial charge in [-0.25, -0.2) is 22.2 Å². The zero-order valence-corrected chi connectivity index (χ0v) is 22.6. The van der Waals surface area contributed by atoms with Gasteiger partial charge in [0.25, 0.3) is 12.3 Å². The summed E-state index contributed by atoms with van der Waals surface area (Å²) in [6.45, 7) is 2.93. The summed E-state index contributed by atoms with van der Waals surface area (Å²) in [7, 11) is 0. The van der Waals surface area contributed by atoms with Crippen molar-refractivity contribution in [2.24, 2.45) is 17.8 Å². The summed E-state index contributed by atoms with van der Waals surface area (Å²) in [6, 6.07) is -0.555. The maximum Gasteiger partial charge on any atom is 0.270 e. The summed E-state index contributed by atoms with van der Waals surface area (Å²) in [5, 5.41) is 24.6. The molecule has 3 aromatic heterocycles. The molecule has 2 atom stereocenters. The number of anilines is 1. The highest BCUT2D eigenvalue weighted by Crippen LogP contribution is 2.51. The number of tetrazole rings is 1. The van der Waals surface area contributed by atoms with Crippen LogP contribution in [0.1, 0.15) is 74.3 Å². The molecule has 0 spiro atoms. The van der Waals surface area contributed by atoms with E-state index < -0.39 is 49.7 Å². The molecule has 0 radical (unpaired) electrons. The molecule has 5 rings (SSSR count). The van der Waals surface area contributed by atoms with Gasteiger partial charge in [0.2, 0.25) is 12.3 Å². The Kier molecular flexibility index (Phi) is 8.35. The number of alkyl halides is 4. The Balaban J connectivity index is 1.37. The van der Waals surface area contributed by atoms with Crippen molar-refractivity contribution in [1.82, 2.24) is 45.1 Å². The Labute approximate surface area is 232 Å². The number of halogens is 4. The number of carbonyl (C=O) groups excluding carboxylic acids is 2. The van der Waals surface area contributed by atoms with Crippen LogP contribution >= 0.6 is 0 Å². The van der Waals surface area contributed by atoms with Gasteiger partial charge < -0.3 is 10.6 Å². The lowest BCUT2D eigenvalue weighted by Gasteiger charge is -2.27. The summed E-state index contributed by atoms with van der Waals surface area (Å²) in [5.41, 5.74) is 0.534. The standard InChI is InChI=1S/C25H32F4N10O2/c1-13(2)39-17(7-8-30-39)24(40)33-22(21(14-3-4-14)15-5-6-15)25(41)32-16-10-31-37(11-16)18(9-19(26)27)23-34-35-36-38(23)12-20(28)29/h7-8,10-11,13-15,18-22H,3-6,9,12H2,1-2H3,(H,32,41)(H,33,40)/t18?,22-/m0/s1. The molecule has 3 heterocycles. The summed E-state index contributed by atoms with van der Waals surface area (Å²) in [5.74, 6) is -0.483. The average molecular weight is 581 g/mol. The lowest BCUT2D eigenvalue weighted by Crippen LogP contribution is -2.50. The van der Waals surface area contributed by atoms with E-state index in [0.29, 0.717) is 17.5 Å². The van der Waals surface area contributed by atoms with Gasteiger partial charge in [-0.15, -0.1) is 5.10 Å². The minimum atomic E-state index is -2.81. The highest BCUT2D eigenvalue weighted by atomic mass is 19.3. The normalized spacial score (nSPS) is 17.0. The third kappa shape index (κ3) is 6.73. The number of carbonyl (C=O) groups is 2. The number of amides is 2. The first-order valence-electron chi connectivity index (χ1n) is 13.6. The molecule has 41 heavy (non-hydrogen) atoms. The van der Waals surface area contributed by atoms with Gasteiger partial charge >= 0.3 is 0 Å². The fraction of sp³-hybridized carbons (Fsp3) is 0.640. The molecule has 2 amide bonds. The molecule has 2 fully saturated rings. The van der Waals surface area contributed by atoms with Gasteiger partial charge in [0.1, 0.15) is 24.3 Å². The van der Waals surface area contributed by atoms with E-state index in [1.54, 1.807) is 10.7 Å².